The number of aryl methyl sites for hydroxylation is 1. The average Bonchev–Trinajstić information content (AvgIpc) is 2.90. The molecule has 0 bridgehead atoms. The van der Waals surface area contributed by atoms with Crippen LogP contribution in [0.2, 0.25) is 0 Å². The van der Waals surface area contributed by atoms with Crippen LogP contribution < -0.4 is 5.30 Å². The summed E-state index contributed by atoms with van der Waals surface area (Å²) in [7, 11) is 4.55. The Hall–Kier alpha value is -2.50. The summed E-state index contributed by atoms with van der Waals surface area (Å²) in [6.07, 6.45) is 2.00. The average molecular weight is 363 g/mol. The summed E-state index contributed by atoms with van der Waals surface area (Å²) in [6.45, 7) is 7.75. The van der Waals surface area contributed by atoms with Crippen molar-refractivity contribution in [2.75, 3.05) is 0 Å². The van der Waals surface area contributed by atoms with Crippen LogP contribution in [0.25, 0.3) is 22.2 Å². The highest BCUT2D eigenvalue weighted by Gasteiger charge is 2.24. The molecule has 0 N–H and O–H groups in total. The number of nitriles is 1. The van der Waals surface area contributed by atoms with Crippen LogP contribution in [0.1, 0.15) is 49.3 Å². The fourth-order valence-corrected chi connectivity index (χ4v) is 3.60. The molecule has 1 atom stereocenters. The van der Waals surface area contributed by atoms with Gasteiger partial charge in [0.2, 0.25) is 0 Å². The first kappa shape index (κ1) is 18.3. The molecule has 0 fully saturated rings. The molecule has 2 heterocycles. The van der Waals surface area contributed by atoms with Gasteiger partial charge in [0, 0.05) is 35.2 Å². The number of nitrogens with zero attached hydrogens (tertiary/aromatic N) is 3. The molecule has 0 saturated carbocycles. The van der Waals surface area contributed by atoms with Crippen molar-refractivity contribution in [2.24, 2.45) is 7.05 Å². The van der Waals surface area contributed by atoms with Crippen molar-refractivity contribution in [2.45, 2.75) is 33.1 Å². The number of carbonyl (C=O) groups excluding carboxylic acids is 1. The van der Waals surface area contributed by atoms with E-state index in [0.717, 1.165) is 33.2 Å². The van der Waals surface area contributed by atoms with Crippen LogP contribution in [-0.2, 0) is 12.5 Å². The van der Waals surface area contributed by atoms with E-state index in [4.69, 9.17) is 4.98 Å². The van der Waals surface area contributed by atoms with Crippen molar-refractivity contribution in [3.8, 4) is 17.3 Å². The molecule has 0 radical (unpaired) electrons. The number of carbonyl (C=O) groups is 1. The summed E-state index contributed by atoms with van der Waals surface area (Å²) < 4.78 is 1.97. The lowest BCUT2D eigenvalue weighted by Crippen LogP contribution is -2.18. The third-order valence-corrected chi connectivity index (χ3v) is 5.03. The molecule has 0 spiro atoms. The van der Waals surface area contributed by atoms with Gasteiger partial charge in [0.05, 0.1) is 22.5 Å². The zero-order chi connectivity index (χ0) is 19.2. The fraction of sp³-hybridized carbons (Fsp3) is 0.286. The van der Waals surface area contributed by atoms with Gasteiger partial charge in [-0.25, -0.2) is 0 Å². The number of aromatic nitrogens is 2. The second-order valence-electron chi connectivity index (χ2n) is 7.59. The van der Waals surface area contributed by atoms with E-state index in [0.29, 0.717) is 11.1 Å². The number of Topliss-reactive ketones (excluding diaryl/α,β-unsaturated/α-hetero) is 1. The largest absolute Gasteiger partial charge is 0.349 e. The van der Waals surface area contributed by atoms with Gasteiger partial charge in [-0.05, 0) is 24.4 Å². The number of rotatable bonds is 2. The lowest BCUT2D eigenvalue weighted by molar-refractivity contribution is 0.101. The fourth-order valence-electron chi connectivity index (χ4n) is 3.30. The van der Waals surface area contributed by atoms with Gasteiger partial charge in [0.1, 0.15) is 6.07 Å². The molecule has 3 rings (SSSR count). The first-order valence-electron chi connectivity index (χ1n) is 8.45. The van der Waals surface area contributed by atoms with E-state index in [1.165, 1.54) is 0 Å². The van der Waals surface area contributed by atoms with E-state index < -0.39 is 0 Å². The third kappa shape index (κ3) is 2.93. The summed E-state index contributed by atoms with van der Waals surface area (Å²) in [5.41, 5.74) is 4.53. The summed E-state index contributed by atoms with van der Waals surface area (Å²) in [5.74, 6) is 0.0197. The predicted molar refractivity (Wildman–Crippen MR) is 109 cm³/mol. The van der Waals surface area contributed by atoms with Gasteiger partial charge in [-0.15, -0.1) is 9.24 Å². The molecule has 2 aromatic heterocycles. The number of hydrogen-bond acceptors (Lipinski definition) is 3. The lowest BCUT2D eigenvalue weighted by atomic mass is 9.87. The highest BCUT2D eigenvalue weighted by molar-refractivity contribution is 7.27. The Morgan fingerprint density at radius 1 is 1.23 bits per heavy atom. The summed E-state index contributed by atoms with van der Waals surface area (Å²) >= 11 is 0. The maximum absolute atomic E-state index is 12.0. The van der Waals surface area contributed by atoms with Gasteiger partial charge in [-0.3, -0.25) is 9.78 Å². The quantitative estimate of drug-likeness (QED) is 0.508. The highest BCUT2D eigenvalue weighted by atomic mass is 31.0. The molecule has 26 heavy (non-hydrogen) atoms. The summed E-state index contributed by atoms with van der Waals surface area (Å²) in [6, 6.07) is 10.0. The Kier molecular flexibility index (Phi) is 4.46. The second-order valence-corrected chi connectivity index (χ2v) is 8.21. The smallest absolute Gasteiger partial charge is 0.161 e. The zero-order valence-electron chi connectivity index (χ0n) is 15.7. The molecule has 5 heteroatoms. The first-order valence-corrected chi connectivity index (χ1v) is 9.03. The molecule has 0 aliphatic rings. The van der Waals surface area contributed by atoms with Gasteiger partial charge in [-0.2, -0.15) is 5.26 Å². The molecular weight excluding hydrogens is 341 g/mol. The Balaban J connectivity index is 2.32. The Morgan fingerprint density at radius 3 is 2.50 bits per heavy atom. The van der Waals surface area contributed by atoms with Gasteiger partial charge in [-0.1, -0.05) is 32.9 Å². The minimum Gasteiger partial charge on any atom is -0.349 e. The van der Waals surface area contributed by atoms with E-state index >= 15 is 0 Å². The molecule has 132 valence electrons. The maximum atomic E-state index is 12.0. The van der Waals surface area contributed by atoms with Crippen LogP contribution in [0.4, 0.5) is 0 Å². The van der Waals surface area contributed by atoms with Crippen molar-refractivity contribution in [3.05, 3.63) is 47.3 Å². The van der Waals surface area contributed by atoms with Gasteiger partial charge in [0.15, 0.2) is 5.78 Å². The molecule has 3 aromatic rings. The van der Waals surface area contributed by atoms with E-state index in [2.05, 4.69) is 36.1 Å². The van der Waals surface area contributed by atoms with Crippen LogP contribution in [0, 0.1) is 11.3 Å². The van der Waals surface area contributed by atoms with Gasteiger partial charge >= 0.3 is 0 Å². The standard InChI is InChI=1S/C21H22N3OP/c1-12(25)13-6-8-17(23-20(13)21(2,3)4)16-11-24(5)19-14(16)7-9-18(26)15(19)10-22/h6-9,11H,26H2,1-5H3. The Bertz CT molecular complexity index is 1080. The topological polar surface area (TPSA) is 58.7 Å². The molecular formula is C21H22N3OP. The van der Waals surface area contributed by atoms with Crippen LogP contribution in [-0.4, -0.2) is 15.3 Å². The number of pyridine rings is 1. The second kappa shape index (κ2) is 6.34. The third-order valence-electron chi connectivity index (χ3n) is 4.55. The normalized spacial score (nSPS) is 11.6. The number of hydrogen-bond donors (Lipinski definition) is 0. The maximum Gasteiger partial charge on any atom is 0.161 e. The molecule has 1 aromatic carbocycles. The summed E-state index contributed by atoms with van der Waals surface area (Å²) in [5, 5.41) is 11.4. The molecule has 0 aliphatic carbocycles. The lowest BCUT2D eigenvalue weighted by Gasteiger charge is -2.21. The summed E-state index contributed by atoms with van der Waals surface area (Å²) in [4.78, 5) is 16.9. The van der Waals surface area contributed by atoms with Crippen molar-refractivity contribution in [1.82, 2.24) is 9.55 Å². The molecule has 0 amide bonds. The van der Waals surface area contributed by atoms with Gasteiger partial charge < -0.3 is 4.57 Å². The zero-order valence-corrected chi connectivity index (χ0v) is 16.9. The predicted octanol–water partition coefficient (Wildman–Crippen LogP) is 4.11. The first-order chi connectivity index (χ1) is 12.1. The van der Waals surface area contributed by atoms with Crippen LogP contribution in [0.15, 0.2) is 30.5 Å². The van der Waals surface area contributed by atoms with Crippen molar-refractivity contribution < 1.29 is 4.79 Å². The SMILES string of the molecule is CC(=O)c1ccc(-c2cn(C)c3c(C#N)c(P)ccc23)nc1C(C)(C)C. The van der Waals surface area contributed by atoms with E-state index in [1.54, 1.807) is 6.92 Å². The van der Waals surface area contributed by atoms with Crippen LogP contribution in [0.5, 0.6) is 0 Å². The number of fused-ring (bicyclic) bond motifs is 1. The number of benzene rings is 1. The Morgan fingerprint density at radius 2 is 1.92 bits per heavy atom. The molecule has 0 saturated heterocycles. The number of ketones is 1. The monoisotopic (exact) mass is 363 g/mol. The van der Waals surface area contributed by atoms with Crippen LogP contribution in [0.3, 0.4) is 0 Å². The van der Waals surface area contributed by atoms with E-state index in [9.17, 15) is 10.1 Å². The van der Waals surface area contributed by atoms with Crippen molar-refractivity contribution >= 4 is 31.2 Å². The molecule has 1 unspecified atom stereocenters. The minimum atomic E-state index is -0.243. The van der Waals surface area contributed by atoms with Gasteiger partial charge in [0.25, 0.3) is 0 Å². The van der Waals surface area contributed by atoms with Crippen LogP contribution >= 0.6 is 9.24 Å². The highest BCUT2D eigenvalue weighted by Crippen LogP contribution is 2.33. The van der Waals surface area contributed by atoms with Crippen molar-refractivity contribution in [3.63, 3.8) is 0 Å². The Labute approximate surface area is 156 Å². The van der Waals surface area contributed by atoms with Crippen molar-refractivity contribution in [1.29, 1.82) is 5.26 Å². The van der Waals surface area contributed by atoms with E-state index in [-0.39, 0.29) is 11.2 Å². The van der Waals surface area contributed by atoms with E-state index in [1.807, 2.05) is 42.1 Å². The minimum absolute atomic E-state index is 0.0197. The molecule has 0 aliphatic heterocycles. The molecule has 4 nitrogen and oxygen atoms in total.